The van der Waals surface area contributed by atoms with E-state index in [1.165, 1.54) is 0 Å². The van der Waals surface area contributed by atoms with Gasteiger partial charge in [-0.2, -0.15) is 0 Å². The molecule has 0 bridgehead atoms. The smallest absolute Gasteiger partial charge is 0.238 e. The van der Waals surface area contributed by atoms with Gasteiger partial charge < -0.3 is 15.0 Å². The average Bonchev–Trinajstić information content (AvgIpc) is 2.34. The summed E-state index contributed by atoms with van der Waals surface area (Å²) in [6.45, 7) is 4.30. The highest BCUT2D eigenvalue weighted by Crippen LogP contribution is 2.13. The van der Waals surface area contributed by atoms with Crippen LogP contribution in [0.25, 0.3) is 0 Å². The van der Waals surface area contributed by atoms with Gasteiger partial charge in [0.25, 0.3) is 0 Å². The van der Waals surface area contributed by atoms with Crippen LogP contribution >= 0.6 is 0 Å². The lowest BCUT2D eigenvalue weighted by Crippen LogP contribution is -2.41. The first kappa shape index (κ1) is 14.4. The van der Waals surface area contributed by atoms with Crippen molar-refractivity contribution in [3.05, 3.63) is 23.5 Å². The fourth-order valence-corrected chi connectivity index (χ4v) is 1.64. The molecule has 0 saturated carbocycles. The van der Waals surface area contributed by atoms with Crippen LogP contribution in [0.2, 0.25) is 0 Å². The van der Waals surface area contributed by atoms with Crippen LogP contribution in [0, 0.1) is 6.92 Å². The second kappa shape index (κ2) is 6.35. The standard InChI is InChI=1S/C13H21N3O2/c1-9-6-12(18-5)7-11(15-9)8-14-10(2)13(17)16(3)4/h6-7,10,14H,8H2,1-5H3. The molecule has 100 valence electrons. The van der Waals surface area contributed by atoms with Gasteiger partial charge in [0, 0.05) is 38.5 Å². The second-order valence-electron chi connectivity index (χ2n) is 4.47. The predicted molar refractivity (Wildman–Crippen MR) is 70.5 cm³/mol. The zero-order valence-electron chi connectivity index (χ0n) is 11.7. The summed E-state index contributed by atoms with van der Waals surface area (Å²) in [4.78, 5) is 17.6. The molecule has 1 aromatic rings. The number of likely N-dealkylation sites (N-methyl/N-ethyl adjacent to an activating group) is 1. The number of nitrogens with one attached hydrogen (secondary N) is 1. The van der Waals surface area contributed by atoms with Crippen molar-refractivity contribution in [1.82, 2.24) is 15.2 Å². The number of rotatable bonds is 5. The minimum atomic E-state index is -0.228. The van der Waals surface area contributed by atoms with Crippen molar-refractivity contribution in [2.45, 2.75) is 26.4 Å². The number of ether oxygens (including phenoxy) is 1. The van der Waals surface area contributed by atoms with E-state index in [-0.39, 0.29) is 11.9 Å². The summed E-state index contributed by atoms with van der Waals surface area (Å²) in [5, 5.41) is 3.15. The molecule has 18 heavy (non-hydrogen) atoms. The van der Waals surface area contributed by atoms with Crippen molar-refractivity contribution in [3.63, 3.8) is 0 Å². The molecular formula is C13H21N3O2. The molecule has 0 aliphatic rings. The molecule has 1 N–H and O–H groups in total. The Morgan fingerprint density at radius 1 is 1.50 bits per heavy atom. The number of hydrogen-bond acceptors (Lipinski definition) is 4. The first-order valence-electron chi connectivity index (χ1n) is 5.90. The molecule has 1 unspecified atom stereocenters. The second-order valence-corrected chi connectivity index (χ2v) is 4.47. The third kappa shape index (κ3) is 4.00. The minimum absolute atomic E-state index is 0.0506. The topological polar surface area (TPSA) is 54.5 Å². The van der Waals surface area contributed by atoms with E-state index in [0.29, 0.717) is 6.54 Å². The third-order valence-electron chi connectivity index (χ3n) is 2.62. The number of carbonyl (C=O) groups excluding carboxylic acids is 1. The largest absolute Gasteiger partial charge is 0.497 e. The summed E-state index contributed by atoms with van der Waals surface area (Å²) < 4.78 is 5.19. The molecule has 0 spiro atoms. The Kier molecular flexibility index (Phi) is 5.09. The molecule has 1 rings (SSSR count). The molecule has 1 aromatic heterocycles. The fourth-order valence-electron chi connectivity index (χ4n) is 1.64. The van der Waals surface area contributed by atoms with E-state index in [2.05, 4.69) is 10.3 Å². The van der Waals surface area contributed by atoms with E-state index in [4.69, 9.17) is 4.74 Å². The summed E-state index contributed by atoms with van der Waals surface area (Å²) in [6, 6.07) is 3.51. The molecule has 1 heterocycles. The number of nitrogens with zero attached hydrogens (tertiary/aromatic N) is 2. The number of hydrogen-bond donors (Lipinski definition) is 1. The van der Waals surface area contributed by atoms with Crippen molar-refractivity contribution >= 4 is 5.91 Å². The molecular weight excluding hydrogens is 230 g/mol. The molecule has 0 radical (unpaired) electrons. The Balaban J connectivity index is 2.63. The number of amides is 1. The Bertz CT molecular complexity index is 419. The van der Waals surface area contributed by atoms with Crippen LogP contribution in [0.3, 0.4) is 0 Å². The molecule has 0 aromatic carbocycles. The fraction of sp³-hybridized carbons (Fsp3) is 0.538. The summed E-state index contributed by atoms with van der Waals surface area (Å²) >= 11 is 0. The Hall–Kier alpha value is -1.62. The van der Waals surface area contributed by atoms with E-state index >= 15 is 0 Å². The minimum Gasteiger partial charge on any atom is -0.497 e. The molecule has 1 amide bonds. The van der Waals surface area contributed by atoms with Gasteiger partial charge >= 0.3 is 0 Å². The van der Waals surface area contributed by atoms with E-state index in [1.54, 1.807) is 26.1 Å². The van der Waals surface area contributed by atoms with Gasteiger partial charge in [-0.05, 0) is 13.8 Å². The van der Waals surface area contributed by atoms with Crippen molar-refractivity contribution in [1.29, 1.82) is 0 Å². The maximum Gasteiger partial charge on any atom is 0.238 e. The highest BCUT2D eigenvalue weighted by atomic mass is 16.5. The normalized spacial score (nSPS) is 12.1. The van der Waals surface area contributed by atoms with Gasteiger partial charge in [-0.3, -0.25) is 9.78 Å². The van der Waals surface area contributed by atoms with Gasteiger partial charge in [0.15, 0.2) is 0 Å². The molecule has 0 saturated heterocycles. The first-order valence-corrected chi connectivity index (χ1v) is 5.90. The van der Waals surface area contributed by atoms with Gasteiger partial charge in [0.05, 0.1) is 18.8 Å². The number of methoxy groups -OCH3 is 1. The lowest BCUT2D eigenvalue weighted by atomic mass is 10.2. The maximum atomic E-state index is 11.7. The molecule has 0 aliphatic heterocycles. The van der Waals surface area contributed by atoms with Crippen LogP contribution < -0.4 is 10.1 Å². The monoisotopic (exact) mass is 251 g/mol. The molecule has 5 nitrogen and oxygen atoms in total. The van der Waals surface area contributed by atoms with E-state index < -0.39 is 0 Å². The van der Waals surface area contributed by atoms with E-state index in [0.717, 1.165) is 17.1 Å². The van der Waals surface area contributed by atoms with Crippen LogP contribution in [-0.2, 0) is 11.3 Å². The maximum absolute atomic E-state index is 11.7. The van der Waals surface area contributed by atoms with Crippen LogP contribution in [0.1, 0.15) is 18.3 Å². The number of aromatic nitrogens is 1. The molecule has 0 aliphatic carbocycles. The van der Waals surface area contributed by atoms with Crippen LogP contribution in [0.15, 0.2) is 12.1 Å². The molecule has 1 atom stereocenters. The van der Waals surface area contributed by atoms with Gasteiger partial charge in [-0.15, -0.1) is 0 Å². The van der Waals surface area contributed by atoms with Crippen LogP contribution in [-0.4, -0.2) is 43.0 Å². The van der Waals surface area contributed by atoms with E-state index in [9.17, 15) is 4.79 Å². The summed E-state index contributed by atoms with van der Waals surface area (Å²) in [6.07, 6.45) is 0. The highest BCUT2D eigenvalue weighted by Gasteiger charge is 2.14. The number of pyridine rings is 1. The van der Waals surface area contributed by atoms with Gasteiger partial charge in [-0.1, -0.05) is 0 Å². The van der Waals surface area contributed by atoms with Gasteiger partial charge in [-0.25, -0.2) is 0 Å². The Morgan fingerprint density at radius 2 is 2.17 bits per heavy atom. The zero-order chi connectivity index (χ0) is 13.7. The number of aryl methyl sites for hydroxylation is 1. The highest BCUT2D eigenvalue weighted by molar-refractivity contribution is 5.80. The van der Waals surface area contributed by atoms with E-state index in [1.807, 2.05) is 26.0 Å². The van der Waals surface area contributed by atoms with Crippen molar-refractivity contribution in [3.8, 4) is 5.75 Å². The quantitative estimate of drug-likeness (QED) is 0.847. The lowest BCUT2D eigenvalue weighted by molar-refractivity contribution is -0.130. The van der Waals surface area contributed by atoms with Crippen molar-refractivity contribution < 1.29 is 9.53 Å². The van der Waals surface area contributed by atoms with Gasteiger partial charge in [0.1, 0.15) is 5.75 Å². The van der Waals surface area contributed by atoms with Crippen molar-refractivity contribution in [2.24, 2.45) is 0 Å². The van der Waals surface area contributed by atoms with Crippen LogP contribution in [0.4, 0.5) is 0 Å². The molecule has 0 fully saturated rings. The summed E-state index contributed by atoms with van der Waals surface area (Å²) in [7, 11) is 5.12. The Labute approximate surface area is 108 Å². The predicted octanol–water partition coefficient (Wildman–Crippen LogP) is 0.965. The zero-order valence-corrected chi connectivity index (χ0v) is 11.7. The van der Waals surface area contributed by atoms with Gasteiger partial charge in [0.2, 0.25) is 5.91 Å². The average molecular weight is 251 g/mol. The summed E-state index contributed by atoms with van der Waals surface area (Å²) in [5.41, 5.74) is 1.77. The molecule has 5 heteroatoms. The third-order valence-corrected chi connectivity index (χ3v) is 2.62. The number of carbonyl (C=O) groups is 1. The van der Waals surface area contributed by atoms with Crippen molar-refractivity contribution in [2.75, 3.05) is 21.2 Å². The Morgan fingerprint density at radius 3 is 2.72 bits per heavy atom. The summed E-state index contributed by atoms with van der Waals surface area (Å²) in [5.74, 6) is 0.834. The van der Waals surface area contributed by atoms with Crippen LogP contribution in [0.5, 0.6) is 5.75 Å². The lowest BCUT2D eigenvalue weighted by Gasteiger charge is -2.18. The first-order chi connectivity index (χ1) is 8.43. The SMILES string of the molecule is COc1cc(C)nc(CNC(C)C(=O)N(C)C)c1.